The monoisotopic (exact) mass is 339 g/mol. The van der Waals surface area contributed by atoms with Crippen LogP contribution in [0.25, 0.3) is 5.69 Å². The second kappa shape index (κ2) is 7.40. The zero-order valence-corrected chi connectivity index (χ0v) is 14.5. The fraction of sp³-hybridized carbons (Fsp3) is 0.500. The fourth-order valence-electron chi connectivity index (χ4n) is 2.91. The molecule has 0 saturated heterocycles. The molecule has 5 nitrogen and oxygen atoms in total. The fourth-order valence-corrected chi connectivity index (χ4v) is 2.91. The van der Waals surface area contributed by atoms with E-state index in [1.165, 1.54) is 25.7 Å². The van der Waals surface area contributed by atoms with Crippen LogP contribution in [-0.2, 0) is 4.74 Å². The highest BCUT2D eigenvalue weighted by atomic mass is 16.5. The average Bonchev–Trinajstić information content (AvgIpc) is 3.57. The molecule has 2 aliphatic carbocycles. The van der Waals surface area contributed by atoms with Crippen LogP contribution in [0.5, 0.6) is 0 Å². The molecule has 0 radical (unpaired) electrons. The van der Waals surface area contributed by atoms with Gasteiger partial charge in [-0.15, -0.1) is 0 Å². The number of rotatable bonds is 9. The normalized spacial score (nSPS) is 16.8. The molecule has 1 N–H and O–H groups in total. The second-order valence-electron chi connectivity index (χ2n) is 7.10. The van der Waals surface area contributed by atoms with E-state index < -0.39 is 0 Å². The standard InChI is InChI=1S/C20H25N3O2/c24-20(21-11-4-12-25-14-15-7-8-15)19-13-18(16-9-10-16)22-23(19)17-5-2-1-3-6-17/h1-3,5-6,13,15-16H,4,7-12,14H2,(H,21,24). The van der Waals surface area contributed by atoms with Crippen molar-refractivity contribution < 1.29 is 9.53 Å². The van der Waals surface area contributed by atoms with Gasteiger partial charge in [-0.3, -0.25) is 4.79 Å². The molecule has 2 saturated carbocycles. The molecule has 0 unspecified atom stereocenters. The molecule has 1 aromatic carbocycles. The largest absolute Gasteiger partial charge is 0.381 e. The summed E-state index contributed by atoms with van der Waals surface area (Å²) < 4.78 is 7.38. The first-order valence-electron chi connectivity index (χ1n) is 9.32. The van der Waals surface area contributed by atoms with Crippen LogP contribution in [0, 0.1) is 5.92 Å². The predicted molar refractivity (Wildman–Crippen MR) is 96.0 cm³/mol. The van der Waals surface area contributed by atoms with Crippen molar-refractivity contribution in [1.29, 1.82) is 0 Å². The summed E-state index contributed by atoms with van der Waals surface area (Å²) in [6.45, 7) is 2.21. The van der Waals surface area contributed by atoms with E-state index in [0.29, 0.717) is 24.8 Å². The molecule has 5 heteroatoms. The Morgan fingerprint density at radius 2 is 2.00 bits per heavy atom. The zero-order valence-electron chi connectivity index (χ0n) is 14.5. The molecule has 1 amide bonds. The number of benzene rings is 1. The highest BCUT2D eigenvalue weighted by Gasteiger charge is 2.29. The number of nitrogens with zero attached hydrogens (tertiary/aromatic N) is 2. The summed E-state index contributed by atoms with van der Waals surface area (Å²) in [6.07, 6.45) is 5.80. The van der Waals surface area contributed by atoms with Crippen molar-refractivity contribution in [2.45, 2.75) is 38.0 Å². The number of carbonyl (C=O) groups excluding carboxylic acids is 1. The molecule has 1 heterocycles. The van der Waals surface area contributed by atoms with E-state index >= 15 is 0 Å². The quantitative estimate of drug-likeness (QED) is 0.713. The lowest BCUT2D eigenvalue weighted by atomic mass is 10.2. The van der Waals surface area contributed by atoms with Crippen LogP contribution in [0.15, 0.2) is 36.4 Å². The van der Waals surface area contributed by atoms with E-state index in [2.05, 4.69) is 10.4 Å². The number of aromatic nitrogens is 2. The van der Waals surface area contributed by atoms with E-state index in [0.717, 1.165) is 30.3 Å². The smallest absolute Gasteiger partial charge is 0.270 e. The third-order valence-corrected chi connectivity index (χ3v) is 4.76. The summed E-state index contributed by atoms with van der Waals surface area (Å²) in [7, 11) is 0. The van der Waals surface area contributed by atoms with Crippen LogP contribution in [0.1, 0.15) is 54.2 Å². The summed E-state index contributed by atoms with van der Waals surface area (Å²) in [5, 5.41) is 7.68. The lowest BCUT2D eigenvalue weighted by Gasteiger charge is -2.08. The number of hydrogen-bond acceptors (Lipinski definition) is 3. The molecule has 25 heavy (non-hydrogen) atoms. The van der Waals surface area contributed by atoms with Crippen LogP contribution < -0.4 is 5.32 Å². The summed E-state index contributed by atoms with van der Waals surface area (Å²) in [4.78, 5) is 12.6. The first kappa shape index (κ1) is 16.3. The minimum atomic E-state index is -0.0644. The van der Waals surface area contributed by atoms with Gasteiger partial charge in [0.05, 0.1) is 11.4 Å². The molecule has 132 valence electrons. The van der Waals surface area contributed by atoms with Gasteiger partial charge in [-0.25, -0.2) is 4.68 Å². The molecule has 0 spiro atoms. The average molecular weight is 339 g/mol. The SMILES string of the molecule is O=C(NCCCOCC1CC1)c1cc(C2CC2)nn1-c1ccccc1. The molecule has 2 fully saturated rings. The van der Waals surface area contributed by atoms with E-state index in [1.807, 2.05) is 36.4 Å². The van der Waals surface area contributed by atoms with Crippen molar-refractivity contribution in [3.8, 4) is 5.69 Å². The Balaban J connectivity index is 1.37. The van der Waals surface area contributed by atoms with Gasteiger partial charge in [0.2, 0.25) is 0 Å². The topological polar surface area (TPSA) is 56.1 Å². The van der Waals surface area contributed by atoms with Crippen LogP contribution in [-0.4, -0.2) is 35.4 Å². The van der Waals surface area contributed by atoms with Crippen molar-refractivity contribution in [1.82, 2.24) is 15.1 Å². The Hall–Kier alpha value is -2.14. The van der Waals surface area contributed by atoms with E-state index in [9.17, 15) is 4.79 Å². The van der Waals surface area contributed by atoms with Crippen molar-refractivity contribution in [3.63, 3.8) is 0 Å². The molecular weight excluding hydrogens is 314 g/mol. The van der Waals surface area contributed by atoms with Crippen molar-refractivity contribution >= 4 is 5.91 Å². The molecule has 1 aromatic heterocycles. The molecule has 2 aromatic rings. The van der Waals surface area contributed by atoms with E-state index in [4.69, 9.17) is 4.74 Å². The molecular formula is C20H25N3O2. The van der Waals surface area contributed by atoms with Gasteiger partial charge < -0.3 is 10.1 Å². The van der Waals surface area contributed by atoms with Crippen LogP contribution >= 0.6 is 0 Å². The third kappa shape index (κ3) is 4.28. The van der Waals surface area contributed by atoms with Gasteiger partial charge in [0.1, 0.15) is 5.69 Å². The lowest BCUT2D eigenvalue weighted by Crippen LogP contribution is -2.27. The molecule has 4 rings (SSSR count). The highest BCUT2D eigenvalue weighted by molar-refractivity contribution is 5.93. The Kier molecular flexibility index (Phi) is 4.83. The summed E-state index contributed by atoms with van der Waals surface area (Å²) >= 11 is 0. The second-order valence-corrected chi connectivity index (χ2v) is 7.10. The van der Waals surface area contributed by atoms with Gasteiger partial charge in [-0.05, 0) is 56.2 Å². The number of para-hydroxylation sites is 1. The van der Waals surface area contributed by atoms with Crippen LogP contribution in [0.4, 0.5) is 0 Å². The first-order valence-corrected chi connectivity index (χ1v) is 9.32. The molecule has 0 bridgehead atoms. The third-order valence-electron chi connectivity index (χ3n) is 4.76. The number of hydrogen-bond donors (Lipinski definition) is 1. The van der Waals surface area contributed by atoms with Crippen LogP contribution in [0.3, 0.4) is 0 Å². The number of ether oxygens (including phenoxy) is 1. The maximum atomic E-state index is 12.6. The predicted octanol–water partition coefficient (Wildman–Crippen LogP) is 3.30. The number of nitrogens with one attached hydrogen (secondary N) is 1. The summed E-state index contributed by atoms with van der Waals surface area (Å²) in [5.74, 6) is 1.24. The molecule has 2 aliphatic rings. The summed E-state index contributed by atoms with van der Waals surface area (Å²) in [5.41, 5.74) is 2.57. The van der Waals surface area contributed by atoms with Gasteiger partial charge in [-0.1, -0.05) is 18.2 Å². The van der Waals surface area contributed by atoms with Gasteiger partial charge in [0, 0.05) is 25.7 Å². The van der Waals surface area contributed by atoms with E-state index in [-0.39, 0.29) is 5.91 Å². The summed E-state index contributed by atoms with van der Waals surface area (Å²) in [6, 6.07) is 11.8. The van der Waals surface area contributed by atoms with Crippen molar-refractivity contribution in [2.24, 2.45) is 5.92 Å². The molecule has 0 aliphatic heterocycles. The van der Waals surface area contributed by atoms with Gasteiger partial charge in [-0.2, -0.15) is 5.10 Å². The van der Waals surface area contributed by atoms with Gasteiger partial charge in [0.25, 0.3) is 5.91 Å². The highest BCUT2D eigenvalue weighted by Crippen LogP contribution is 2.39. The van der Waals surface area contributed by atoms with Crippen molar-refractivity contribution in [3.05, 3.63) is 47.8 Å². The lowest BCUT2D eigenvalue weighted by molar-refractivity contribution is 0.0930. The van der Waals surface area contributed by atoms with Gasteiger partial charge in [0.15, 0.2) is 0 Å². The van der Waals surface area contributed by atoms with Crippen LogP contribution in [0.2, 0.25) is 0 Å². The Morgan fingerprint density at radius 3 is 2.72 bits per heavy atom. The van der Waals surface area contributed by atoms with Gasteiger partial charge >= 0.3 is 0 Å². The first-order chi connectivity index (χ1) is 12.3. The Labute approximate surface area is 148 Å². The zero-order chi connectivity index (χ0) is 17.1. The Bertz CT molecular complexity index is 718. The minimum absolute atomic E-state index is 0.0644. The maximum absolute atomic E-state index is 12.6. The number of amides is 1. The maximum Gasteiger partial charge on any atom is 0.270 e. The number of carbonyl (C=O) groups is 1. The molecule has 0 atom stereocenters. The van der Waals surface area contributed by atoms with E-state index in [1.54, 1.807) is 4.68 Å². The minimum Gasteiger partial charge on any atom is -0.381 e. The van der Waals surface area contributed by atoms with Crippen molar-refractivity contribution in [2.75, 3.05) is 19.8 Å². The Morgan fingerprint density at radius 1 is 1.20 bits per heavy atom.